The van der Waals surface area contributed by atoms with E-state index in [0.29, 0.717) is 18.5 Å². The van der Waals surface area contributed by atoms with Crippen molar-refractivity contribution in [3.05, 3.63) is 103 Å². The van der Waals surface area contributed by atoms with Crippen molar-refractivity contribution >= 4 is 0 Å². The summed E-state index contributed by atoms with van der Waals surface area (Å²) in [5, 5.41) is 0. The predicted octanol–water partition coefficient (Wildman–Crippen LogP) is 2.79. The number of H-pyrrole nitrogens is 1. The molecule has 1 aromatic heterocycles. The van der Waals surface area contributed by atoms with Crippen LogP contribution in [0.5, 0.6) is 0 Å². The lowest BCUT2D eigenvalue weighted by molar-refractivity contribution is 0.709. The Kier molecular flexibility index (Phi) is 4.47. The lowest BCUT2D eigenvalue weighted by Crippen LogP contribution is -2.32. The Morgan fingerprint density at radius 1 is 0.917 bits per heavy atom. The van der Waals surface area contributed by atoms with Crippen molar-refractivity contribution in [1.82, 2.24) is 9.55 Å². The zero-order chi connectivity index (χ0) is 17.1. The van der Waals surface area contributed by atoms with Gasteiger partial charge in [-0.25, -0.2) is 4.79 Å². The summed E-state index contributed by atoms with van der Waals surface area (Å²) in [6.07, 6.45) is 2.18. The second-order valence-electron chi connectivity index (χ2n) is 6.20. The van der Waals surface area contributed by atoms with Crippen LogP contribution in [-0.4, -0.2) is 9.55 Å². The largest absolute Gasteiger partial charge is 0.328 e. The smallest absolute Gasteiger partial charge is 0.296 e. The highest BCUT2D eigenvalue weighted by molar-refractivity contribution is 5.31. The van der Waals surface area contributed by atoms with E-state index in [1.807, 2.05) is 44.2 Å². The molecule has 4 nitrogen and oxygen atoms in total. The number of hydrogen-bond donors (Lipinski definition) is 1. The quantitative estimate of drug-likeness (QED) is 0.803. The Morgan fingerprint density at radius 3 is 2.25 bits per heavy atom. The third kappa shape index (κ3) is 3.71. The van der Waals surface area contributed by atoms with E-state index >= 15 is 0 Å². The van der Waals surface area contributed by atoms with E-state index in [-0.39, 0.29) is 11.2 Å². The number of benzene rings is 2. The van der Waals surface area contributed by atoms with Gasteiger partial charge in [0.2, 0.25) is 0 Å². The second kappa shape index (κ2) is 6.71. The van der Waals surface area contributed by atoms with Crippen LogP contribution in [0.2, 0.25) is 0 Å². The summed E-state index contributed by atoms with van der Waals surface area (Å²) in [6.45, 7) is 4.52. The summed E-state index contributed by atoms with van der Waals surface area (Å²) in [5.41, 5.74) is 4.32. The van der Waals surface area contributed by atoms with Crippen molar-refractivity contribution in [3.8, 4) is 0 Å². The van der Waals surface area contributed by atoms with Gasteiger partial charge in [-0.05, 0) is 25.0 Å². The van der Waals surface area contributed by atoms with Crippen molar-refractivity contribution < 1.29 is 0 Å². The van der Waals surface area contributed by atoms with Gasteiger partial charge >= 0.3 is 5.69 Å². The molecule has 0 bridgehead atoms. The molecule has 0 aliphatic heterocycles. The number of aromatic nitrogens is 2. The number of rotatable bonds is 4. The van der Waals surface area contributed by atoms with Gasteiger partial charge in [-0.2, -0.15) is 0 Å². The van der Waals surface area contributed by atoms with Crippen LogP contribution in [0.3, 0.4) is 0 Å². The Bertz CT molecular complexity index is 949. The van der Waals surface area contributed by atoms with E-state index in [1.165, 1.54) is 11.1 Å². The van der Waals surface area contributed by atoms with Gasteiger partial charge in [-0.1, -0.05) is 59.7 Å². The molecule has 0 saturated carbocycles. The van der Waals surface area contributed by atoms with Crippen LogP contribution in [0.15, 0.2) is 64.3 Å². The zero-order valence-electron chi connectivity index (χ0n) is 13.9. The van der Waals surface area contributed by atoms with Gasteiger partial charge in [-0.15, -0.1) is 0 Å². The fraction of sp³-hybridized carbons (Fsp3) is 0.200. The van der Waals surface area contributed by atoms with E-state index in [0.717, 1.165) is 11.1 Å². The topological polar surface area (TPSA) is 54.9 Å². The van der Waals surface area contributed by atoms with Gasteiger partial charge < -0.3 is 0 Å². The van der Waals surface area contributed by atoms with E-state index in [4.69, 9.17) is 0 Å². The van der Waals surface area contributed by atoms with Crippen molar-refractivity contribution in [2.75, 3.05) is 0 Å². The first-order chi connectivity index (χ1) is 11.5. The Labute approximate surface area is 140 Å². The highest BCUT2D eigenvalue weighted by atomic mass is 16.2. The average molecular weight is 320 g/mol. The molecule has 3 rings (SSSR count). The normalized spacial score (nSPS) is 10.8. The fourth-order valence-corrected chi connectivity index (χ4v) is 2.97. The van der Waals surface area contributed by atoms with Crippen molar-refractivity contribution in [2.24, 2.45) is 0 Å². The molecule has 0 radical (unpaired) electrons. The highest BCUT2D eigenvalue weighted by Gasteiger charge is 2.07. The van der Waals surface area contributed by atoms with Gasteiger partial charge in [-0.3, -0.25) is 14.3 Å². The third-order valence-corrected chi connectivity index (χ3v) is 3.96. The molecule has 0 amide bonds. The van der Waals surface area contributed by atoms with E-state index < -0.39 is 0 Å². The summed E-state index contributed by atoms with van der Waals surface area (Å²) in [7, 11) is 0. The van der Waals surface area contributed by atoms with Gasteiger partial charge in [0, 0.05) is 18.2 Å². The lowest BCUT2D eigenvalue weighted by atomic mass is 10.0. The van der Waals surface area contributed by atoms with E-state index in [1.54, 1.807) is 10.8 Å². The standard InChI is InChI=1S/C20H20N2O2/c1-14-8-15(2)10-17(9-14)11-18-13-22(20(24)21-19(18)23)12-16-6-4-3-5-7-16/h3-10,13H,11-12H2,1-2H3,(H,21,23,24). The van der Waals surface area contributed by atoms with E-state index in [9.17, 15) is 9.59 Å². The van der Waals surface area contributed by atoms with Crippen LogP contribution in [0.1, 0.15) is 27.8 Å². The molecule has 24 heavy (non-hydrogen) atoms. The van der Waals surface area contributed by atoms with E-state index in [2.05, 4.69) is 23.2 Å². The fourth-order valence-electron chi connectivity index (χ4n) is 2.97. The molecule has 3 aromatic rings. The highest BCUT2D eigenvalue weighted by Crippen LogP contribution is 2.12. The minimum absolute atomic E-state index is 0.316. The van der Waals surface area contributed by atoms with Crippen LogP contribution in [-0.2, 0) is 13.0 Å². The minimum Gasteiger partial charge on any atom is -0.296 e. The second-order valence-corrected chi connectivity index (χ2v) is 6.20. The van der Waals surface area contributed by atoms with Gasteiger partial charge in [0.15, 0.2) is 0 Å². The third-order valence-electron chi connectivity index (χ3n) is 3.96. The van der Waals surface area contributed by atoms with Crippen molar-refractivity contribution in [1.29, 1.82) is 0 Å². The minimum atomic E-state index is -0.381. The van der Waals surface area contributed by atoms with Crippen molar-refractivity contribution in [2.45, 2.75) is 26.8 Å². The first-order valence-electron chi connectivity index (χ1n) is 7.95. The lowest BCUT2D eigenvalue weighted by Gasteiger charge is -2.09. The first kappa shape index (κ1) is 16.0. The molecule has 0 aliphatic rings. The molecule has 122 valence electrons. The SMILES string of the molecule is Cc1cc(C)cc(Cc2cn(Cc3ccccc3)c(=O)[nH]c2=O)c1. The summed E-state index contributed by atoms with van der Waals surface area (Å²) in [5.74, 6) is 0. The Morgan fingerprint density at radius 2 is 1.58 bits per heavy atom. The Hall–Kier alpha value is -2.88. The maximum atomic E-state index is 12.2. The molecule has 4 heteroatoms. The number of nitrogens with one attached hydrogen (secondary N) is 1. The number of aryl methyl sites for hydroxylation is 2. The van der Waals surface area contributed by atoms with Crippen molar-refractivity contribution in [3.63, 3.8) is 0 Å². The van der Waals surface area contributed by atoms with Crippen LogP contribution in [0.25, 0.3) is 0 Å². The molecule has 0 unspecified atom stereocenters. The summed E-state index contributed by atoms with van der Waals surface area (Å²) < 4.78 is 1.55. The zero-order valence-corrected chi connectivity index (χ0v) is 13.9. The molecule has 0 aliphatic carbocycles. The summed E-state index contributed by atoms with van der Waals surface area (Å²) in [6, 6.07) is 16.0. The van der Waals surface area contributed by atoms with Gasteiger partial charge in [0.05, 0.1) is 6.54 Å². The number of aromatic amines is 1. The molecular weight excluding hydrogens is 300 g/mol. The predicted molar refractivity (Wildman–Crippen MR) is 95.6 cm³/mol. The number of hydrogen-bond acceptors (Lipinski definition) is 2. The first-order valence-corrected chi connectivity index (χ1v) is 7.95. The maximum absolute atomic E-state index is 12.2. The van der Waals surface area contributed by atoms with Crippen LogP contribution in [0, 0.1) is 13.8 Å². The van der Waals surface area contributed by atoms with Crippen LogP contribution < -0.4 is 11.2 Å². The molecule has 1 heterocycles. The molecule has 0 fully saturated rings. The number of nitrogens with zero attached hydrogens (tertiary/aromatic N) is 1. The molecule has 1 N–H and O–H groups in total. The molecule has 2 aromatic carbocycles. The average Bonchev–Trinajstić information content (AvgIpc) is 2.52. The van der Waals surface area contributed by atoms with Crippen LogP contribution in [0.4, 0.5) is 0 Å². The maximum Gasteiger partial charge on any atom is 0.328 e. The van der Waals surface area contributed by atoms with Crippen LogP contribution >= 0.6 is 0 Å². The monoisotopic (exact) mass is 320 g/mol. The summed E-state index contributed by atoms with van der Waals surface area (Å²) in [4.78, 5) is 26.6. The molecule has 0 saturated heterocycles. The molecule has 0 spiro atoms. The van der Waals surface area contributed by atoms with Gasteiger partial charge in [0.25, 0.3) is 5.56 Å². The van der Waals surface area contributed by atoms with Gasteiger partial charge in [0.1, 0.15) is 0 Å². The Balaban J connectivity index is 1.95. The summed E-state index contributed by atoms with van der Waals surface area (Å²) >= 11 is 0. The molecular formula is C20H20N2O2. The molecule has 0 atom stereocenters.